The lowest BCUT2D eigenvalue weighted by molar-refractivity contribution is -0.140. The fraction of sp³-hybridized carbons (Fsp3) is 0.833. The van der Waals surface area contributed by atoms with Crippen LogP contribution in [0.2, 0.25) is 0 Å². The van der Waals surface area contributed by atoms with Crippen LogP contribution in [0.5, 0.6) is 0 Å². The van der Waals surface area contributed by atoms with Crippen molar-refractivity contribution in [2.24, 2.45) is 5.41 Å². The zero-order valence-electron chi connectivity index (χ0n) is 16.9. The van der Waals surface area contributed by atoms with Crippen molar-refractivity contribution in [3.05, 3.63) is 0 Å². The number of carboxylic acids is 1. The first-order valence-electron chi connectivity index (χ1n) is 8.92. The number of carbonyl (C=O) groups is 3. The van der Waals surface area contributed by atoms with Gasteiger partial charge in [0.25, 0.3) is 0 Å². The standard InChI is InChI=1S/C18H35N3O5/c1-17(2,3)11-15(23)19-8-10-26-9-7-14(22)20-12-13(16(24)25)21-18(4,5)6/h13,21H,7-12H2,1-6H3,(H,19,23)(H,20,22)(H,24,25). The van der Waals surface area contributed by atoms with Gasteiger partial charge in [0.15, 0.2) is 0 Å². The molecule has 0 saturated heterocycles. The number of hydrogen-bond acceptors (Lipinski definition) is 5. The summed E-state index contributed by atoms with van der Waals surface area (Å²) in [6.45, 7) is 12.5. The van der Waals surface area contributed by atoms with Crippen LogP contribution in [-0.2, 0) is 19.1 Å². The van der Waals surface area contributed by atoms with E-state index in [-0.39, 0.29) is 42.3 Å². The number of amides is 2. The summed E-state index contributed by atoms with van der Waals surface area (Å²) in [6.07, 6.45) is 0.584. The molecule has 26 heavy (non-hydrogen) atoms. The molecule has 0 spiro atoms. The Morgan fingerprint density at radius 1 is 0.962 bits per heavy atom. The van der Waals surface area contributed by atoms with Gasteiger partial charge in [0.2, 0.25) is 11.8 Å². The molecule has 1 atom stereocenters. The molecule has 0 heterocycles. The van der Waals surface area contributed by atoms with Crippen LogP contribution in [-0.4, -0.2) is 60.8 Å². The lowest BCUT2D eigenvalue weighted by Gasteiger charge is -2.26. The quantitative estimate of drug-likeness (QED) is 0.400. The van der Waals surface area contributed by atoms with Crippen LogP contribution in [0.15, 0.2) is 0 Å². The molecule has 4 N–H and O–H groups in total. The van der Waals surface area contributed by atoms with Gasteiger partial charge in [0.05, 0.1) is 13.2 Å². The molecule has 0 aromatic carbocycles. The van der Waals surface area contributed by atoms with Gasteiger partial charge in [-0.3, -0.25) is 19.7 Å². The first-order valence-corrected chi connectivity index (χ1v) is 8.92. The first kappa shape index (κ1) is 24.3. The Balaban J connectivity index is 3.86. The summed E-state index contributed by atoms with van der Waals surface area (Å²) in [5.74, 6) is -1.31. The van der Waals surface area contributed by atoms with E-state index in [4.69, 9.17) is 9.84 Å². The van der Waals surface area contributed by atoms with Gasteiger partial charge in [-0.25, -0.2) is 0 Å². The van der Waals surface area contributed by atoms with Crippen molar-refractivity contribution < 1.29 is 24.2 Å². The molecule has 0 radical (unpaired) electrons. The highest BCUT2D eigenvalue weighted by Gasteiger charge is 2.23. The Hall–Kier alpha value is -1.67. The third-order valence-electron chi connectivity index (χ3n) is 3.14. The molecule has 8 heteroatoms. The molecule has 0 rings (SSSR count). The molecule has 0 bridgehead atoms. The second-order valence-corrected chi connectivity index (χ2v) is 8.54. The Bertz CT molecular complexity index is 466. The minimum absolute atomic E-state index is 0.00823. The normalized spacial score (nSPS) is 13.2. The highest BCUT2D eigenvalue weighted by Crippen LogP contribution is 2.17. The molecular weight excluding hydrogens is 338 g/mol. The molecule has 0 aliphatic carbocycles. The highest BCUT2D eigenvalue weighted by molar-refractivity contribution is 5.78. The van der Waals surface area contributed by atoms with Crippen LogP contribution in [0, 0.1) is 5.41 Å². The van der Waals surface area contributed by atoms with Crippen molar-refractivity contribution in [2.45, 2.75) is 66.0 Å². The second kappa shape index (κ2) is 11.1. The summed E-state index contributed by atoms with van der Waals surface area (Å²) >= 11 is 0. The van der Waals surface area contributed by atoms with Crippen LogP contribution in [0.4, 0.5) is 0 Å². The average molecular weight is 373 g/mol. The summed E-state index contributed by atoms with van der Waals surface area (Å²) in [5, 5.41) is 17.5. The van der Waals surface area contributed by atoms with Gasteiger partial charge < -0.3 is 20.5 Å². The van der Waals surface area contributed by atoms with Gasteiger partial charge in [-0.15, -0.1) is 0 Å². The maximum Gasteiger partial charge on any atom is 0.322 e. The van der Waals surface area contributed by atoms with Crippen molar-refractivity contribution in [2.75, 3.05) is 26.3 Å². The molecule has 0 aromatic rings. The summed E-state index contributed by atoms with van der Waals surface area (Å²) in [5.41, 5.74) is -0.424. The number of carbonyl (C=O) groups excluding carboxylic acids is 2. The lowest BCUT2D eigenvalue weighted by Crippen LogP contribution is -2.53. The maximum absolute atomic E-state index is 11.8. The largest absolute Gasteiger partial charge is 0.480 e. The van der Waals surface area contributed by atoms with Gasteiger partial charge in [-0.05, 0) is 26.2 Å². The van der Waals surface area contributed by atoms with Crippen LogP contribution < -0.4 is 16.0 Å². The number of hydrogen-bond donors (Lipinski definition) is 4. The van der Waals surface area contributed by atoms with Crippen molar-refractivity contribution in [3.8, 4) is 0 Å². The Labute approximate surface area is 156 Å². The molecule has 0 aliphatic rings. The minimum atomic E-state index is -1.01. The third kappa shape index (κ3) is 14.7. The van der Waals surface area contributed by atoms with E-state index < -0.39 is 12.0 Å². The zero-order chi connectivity index (χ0) is 20.4. The van der Waals surface area contributed by atoms with Gasteiger partial charge in [0, 0.05) is 31.5 Å². The molecular formula is C18H35N3O5. The van der Waals surface area contributed by atoms with Gasteiger partial charge in [-0.1, -0.05) is 20.8 Å². The van der Waals surface area contributed by atoms with E-state index >= 15 is 0 Å². The van der Waals surface area contributed by atoms with E-state index in [1.165, 1.54) is 0 Å². The molecule has 1 unspecified atom stereocenters. The number of rotatable bonds is 11. The molecule has 0 aliphatic heterocycles. The SMILES string of the molecule is CC(C)(C)CC(=O)NCCOCCC(=O)NCC(NC(C)(C)C)C(=O)O. The first-order chi connectivity index (χ1) is 11.8. The molecule has 0 fully saturated rings. The molecule has 2 amide bonds. The summed E-state index contributed by atoms with van der Waals surface area (Å²) < 4.78 is 5.31. The Morgan fingerprint density at radius 3 is 2.08 bits per heavy atom. The maximum atomic E-state index is 11.8. The van der Waals surface area contributed by atoms with Crippen LogP contribution in [0.3, 0.4) is 0 Å². The predicted molar refractivity (Wildman–Crippen MR) is 99.8 cm³/mol. The minimum Gasteiger partial charge on any atom is -0.480 e. The van der Waals surface area contributed by atoms with Crippen molar-refractivity contribution >= 4 is 17.8 Å². The second-order valence-electron chi connectivity index (χ2n) is 8.54. The monoisotopic (exact) mass is 373 g/mol. The van der Waals surface area contributed by atoms with E-state index in [0.717, 1.165) is 0 Å². The lowest BCUT2D eigenvalue weighted by atomic mass is 9.92. The summed E-state index contributed by atoms with van der Waals surface area (Å²) in [4.78, 5) is 34.6. The third-order valence-corrected chi connectivity index (χ3v) is 3.14. The molecule has 0 saturated carbocycles. The topological polar surface area (TPSA) is 117 Å². The molecule has 0 aromatic heterocycles. The predicted octanol–water partition coefficient (Wildman–Crippen LogP) is 0.903. The molecule has 152 valence electrons. The van der Waals surface area contributed by atoms with E-state index in [1.54, 1.807) is 0 Å². The smallest absolute Gasteiger partial charge is 0.322 e. The molecule has 8 nitrogen and oxygen atoms in total. The summed E-state index contributed by atoms with van der Waals surface area (Å²) in [6, 6.07) is -0.849. The highest BCUT2D eigenvalue weighted by atomic mass is 16.5. The van der Waals surface area contributed by atoms with Gasteiger partial charge >= 0.3 is 5.97 Å². The van der Waals surface area contributed by atoms with E-state index in [0.29, 0.717) is 19.6 Å². The average Bonchev–Trinajstić information content (AvgIpc) is 2.43. The van der Waals surface area contributed by atoms with Crippen LogP contribution in [0.25, 0.3) is 0 Å². The van der Waals surface area contributed by atoms with Crippen molar-refractivity contribution in [1.29, 1.82) is 0 Å². The number of nitrogens with one attached hydrogen (secondary N) is 3. The van der Waals surface area contributed by atoms with E-state index in [2.05, 4.69) is 16.0 Å². The number of aliphatic carboxylic acids is 1. The van der Waals surface area contributed by atoms with Gasteiger partial charge in [0.1, 0.15) is 6.04 Å². The zero-order valence-corrected chi connectivity index (χ0v) is 16.9. The number of ether oxygens (including phenoxy) is 1. The fourth-order valence-corrected chi connectivity index (χ4v) is 2.10. The van der Waals surface area contributed by atoms with Crippen LogP contribution in [0.1, 0.15) is 54.4 Å². The Morgan fingerprint density at radius 2 is 1.58 bits per heavy atom. The summed E-state index contributed by atoms with van der Waals surface area (Å²) in [7, 11) is 0. The fourth-order valence-electron chi connectivity index (χ4n) is 2.10. The van der Waals surface area contributed by atoms with E-state index in [1.807, 2.05) is 41.5 Å². The van der Waals surface area contributed by atoms with Crippen molar-refractivity contribution in [1.82, 2.24) is 16.0 Å². The van der Waals surface area contributed by atoms with E-state index in [9.17, 15) is 14.4 Å². The Kier molecular flexibility index (Phi) is 10.4. The van der Waals surface area contributed by atoms with Crippen molar-refractivity contribution in [3.63, 3.8) is 0 Å². The van der Waals surface area contributed by atoms with Gasteiger partial charge in [-0.2, -0.15) is 0 Å². The number of carboxylic acid groups (broad SMARTS) is 1. The van der Waals surface area contributed by atoms with Crippen LogP contribution >= 0.6 is 0 Å².